The first-order valence-electron chi connectivity index (χ1n) is 19.3. The van der Waals surface area contributed by atoms with E-state index in [2.05, 4.69) is 191 Å². The van der Waals surface area contributed by atoms with E-state index in [4.69, 9.17) is 9.97 Å². The minimum Gasteiger partial charge on any atom is -0.309 e. The molecule has 0 saturated carbocycles. The van der Waals surface area contributed by atoms with Crippen molar-refractivity contribution in [1.29, 1.82) is 0 Å². The van der Waals surface area contributed by atoms with Crippen LogP contribution in [0.4, 0.5) is 0 Å². The Balaban J connectivity index is 1.02. The Kier molecular flexibility index (Phi) is 6.29. The molecule has 0 aliphatic carbocycles. The number of para-hydroxylation sites is 3. The van der Waals surface area contributed by atoms with Crippen molar-refractivity contribution in [1.82, 2.24) is 19.1 Å². The van der Waals surface area contributed by atoms with Crippen LogP contribution < -0.4 is 0 Å². The van der Waals surface area contributed by atoms with Gasteiger partial charge < -0.3 is 9.13 Å². The van der Waals surface area contributed by atoms with Crippen molar-refractivity contribution in [2.45, 2.75) is 0 Å². The first kappa shape index (κ1) is 30.9. The number of rotatable bonds is 3. The van der Waals surface area contributed by atoms with E-state index in [1.54, 1.807) is 11.3 Å². The van der Waals surface area contributed by atoms with E-state index < -0.39 is 0 Å². The maximum absolute atomic E-state index is 5.41. The van der Waals surface area contributed by atoms with Crippen molar-refractivity contribution in [2.75, 3.05) is 0 Å². The lowest BCUT2D eigenvalue weighted by molar-refractivity contribution is 1.17. The number of hydrogen-bond donors (Lipinski definition) is 0. The van der Waals surface area contributed by atoms with Gasteiger partial charge in [0.05, 0.1) is 33.1 Å². The Bertz CT molecular complexity index is 3810. The van der Waals surface area contributed by atoms with Crippen molar-refractivity contribution in [2.24, 2.45) is 0 Å². The molecule has 0 atom stereocenters. The fraction of sp³-hybridized carbons (Fsp3) is 0. The van der Waals surface area contributed by atoms with E-state index in [0.29, 0.717) is 0 Å². The molecule has 13 aromatic rings. The highest BCUT2D eigenvalue weighted by Gasteiger charge is 2.20. The number of nitrogens with zero attached hydrogens (tertiary/aromatic N) is 4. The molecule has 0 bridgehead atoms. The van der Waals surface area contributed by atoms with Crippen LogP contribution in [0, 0.1) is 0 Å². The van der Waals surface area contributed by atoms with Crippen molar-refractivity contribution in [3.05, 3.63) is 182 Å². The van der Waals surface area contributed by atoms with Crippen LogP contribution in [0.5, 0.6) is 0 Å². The van der Waals surface area contributed by atoms with Gasteiger partial charge in [-0.1, -0.05) is 121 Å². The van der Waals surface area contributed by atoms with Gasteiger partial charge in [0.25, 0.3) is 0 Å². The van der Waals surface area contributed by atoms with Crippen LogP contribution in [0.2, 0.25) is 0 Å². The Morgan fingerprint density at radius 1 is 0.316 bits per heavy atom. The molecule has 13 rings (SSSR count). The quantitative estimate of drug-likeness (QED) is 0.169. The van der Waals surface area contributed by atoms with Gasteiger partial charge in [-0.3, -0.25) is 0 Å². The van der Waals surface area contributed by atoms with Crippen LogP contribution in [0.15, 0.2) is 182 Å². The van der Waals surface area contributed by atoms with Gasteiger partial charge in [0.2, 0.25) is 0 Å². The molecule has 57 heavy (non-hydrogen) atoms. The van der Waals surface area contributed by atoms with Gasteiger partial charge in [-0.25, -0.2) is 9.97 Å². The number of benzene rings is 9. The smallest absolute Gasteiger partial charge is 0.143 e. The van der Waals surface area contributed by atoms with Gasteiger partial charge in [0.15, 0.2) is 0 Å². The summed E-state index contributed by atoms with van der Waals surface area (Å²) in [6, 6.07) is 66.0. The van der Waals surface area contributed by atoms with E-state index >= 15 is 0 Å². The Morgan fingerprint density at radius 2 is 0.842 bits per heavy atom. The highest BCUT2D eigenvalue weighted by molar-refractivity contribution is 7.25. The van der Waals surface area contributed by atoms with E-state index in [0.717, 1.165) is 60.0 Å². The fourth-order valence-corrected chi connectivity index (χ4v) is 10.4. The molecule has 0 saturated heterocycles. The predicted molar refractivity (Wildman–Crippen MR) is 242 cm³/mol. The molecule has 264 valence electrons. The molecular weight excluding hydrogens is 713 g/mol. The lowest BCUT2D eigenvalue weighted by atomic mass is 9.99. The number of thiophene rings is 1. The largest absolute Gasteiger partial charge is 0.309 e. The zero-order valence-corrected chi connectivity index (χ0v) is 31.3. The SMILES string of the molecule is c1ccc(-n2c3ccccc3c3cc4c(cc32)c2ccccc2n4-c2cccc(-c3ccc4sc5nc6c7ccccc7c7ccccc7c6nc5c4c3)c2)cc1. The topological polar surface area (TPSA) is 35.6 Å². The number of aromatic nitrogens is 4. The number of hydrogen-bond acceptors (Lipinski definition) is 3. The van der Waals surface area contributed by atoms with Crippen LogP contribution in [0.3, 0.4) is 0 Å². The van der Waals surface area contributed by atoms with Gasteiger partial charge in [0, 0.05) is 53.8 Å². The summed E-state index contributed by atoms with van der Waals surface area (Å²) < 4.78 is 6.03. The third-order valence-electron chi connectivity index (χ3n) is 11.9. The molecule has 9 aromatic carbocycles. The minimum atomic E-state index is 0.955. The van der Waals surface area contributed by atoms with Gasteiger partial charge in [-0.05, 0) is 82.6 Å². The minimum absolute atomic E-state index is 0.955. The van der Waals surface area contributed by atoms with Crippen molar-refractivity contribution in [3.63, 3.8) is 0 Å². The summed E-state index contributed by atoms with van der Waals surface area (Å²) in [6.07, 6.45) is 0. The maximum Gasteiger partial charge on any atom is 0.143 e. The molecule has 0 unspecified atom stereocenters. The van der Waals surface area contributed by atoms with E-state index in [1.165, 1.54) is 59.1 Å². The maximum atomic E-state index is 5.41. The lowest BCUT2D eigenvalue weighted by Gasteiger charge is -2.11. The summed E-state index contributed by atoms with van der Waals surface area (Å²) in [5.74, 6) is 0. The van der Waals surface area contributed by atoms with Crippen LogP contribution in [-0.4, -0.2) is 19.1 Å². The highest BCUT2D eigenvalue weighted by Crippen LogP contribution is 2.42. The number of fused-ring (bicyclic) bond motifs is 15. The zero-order chi connectivity index (χ0) is 37.2. The molecule has 0 aliphatic heterocycles. The fourth-order valence-electron chi connectivity index (χ4n) is 9.37. The molecule has 0 radical (unpaired) electrons. The molecule has 4 nitrogen and oxygen atoms in total. The molecule has 0 spiro atoms. The third kappa shape index (κ3) is 4.37. The zero-order valence-electron chi connectivity index (χ0n) is 30.5. The van der Waals surface area contributed by atoms with Crippen LogP contribution in [0.1, 0.15) is 0 Å². The summed E-state index contributed by atoms with van der Waals surface area (Å²) in [6.45, 7) is 0. The Morgan fingerprint density at radius 3 is 1.51 bits per heavy atom. The summed E-state index contributed by atoms with van der Waals surface area (Å²) in [5, 5.41) is 10.8. The second kappa shape index (κ2) is 11.6. The Hall–Kier alpha value is -7.34. The second-order valence-electron chi connectivity index (χ2n) is 15.0. The first-order chi connectivity index (χ1) is 28.3. The Labute approximate surface area is 330 Å². The average molecular weight is 743 g/mol. The van der Waals surface area contributed by atoms with Gasteiger partial charge in [0.1, 0.15) is 10.3 Å². The van der Waals surface area contributed by atoms with Gasteiger partial charge in [-0.2, -0.15) is 0 Å². The van der Waals surface area contributed by atoms with E-state index in [9.17, 15) is 0 Å². The van der Waals surface area contributed by atoms with E-state index in [-0.39, 0.29) is 0 Å². The second-order valence-corrected chi connectivity index (χ2v) is 16.0. The standard InChI is InChI=1S/C52H30N4S/c1-2-14-33(15-3-1)55-44-23-10-8-19-37(44)41-30-47-42(29-46(41)55)38-20-9-11-24-45(38)56(47)34-16-12-13-31(27-34)32-25-26-48-43(28-32)51-52(57-48)54-50-40-22-7-5-18-36(40)35-17-4-6-21-39(35)49(50)53-51/h1-30H. The van der Waals surface area contributed by atoms with E-state index in [1.807, 2.05) is 0 Å². The first-order valence-corrected chi connectivity index (χ1v) is 20.1. The highest BCUT2D eigenvalue weighted by atomic mass is 32.1. The average Bonchev–Trinajstić information content (AvgIpc) is 3.92. The van der Waals surface area contributed by atoms with Crippen molar-refractivity contribution in [3.8, 4) is 22.5 Å². The molecule has 0 N–H and O–H groups in total. The summed E-state index contributed by atoms with van der Waals surface area (Å²) >= 11 is 1.72. The van der Waals surface area contributed by atoms with Crippen molar-refractivity contribution >= 4 is 108 Å². The van der Waals surface area contributed by atoms with Gasteiger partial charge >= 0.3 is 0 Å². The van der Waals surface area contributed by atoms with Crippen LogP contribution >= 0.6 is 11.3 Å². The molecule has 5 heteroatoms. The third-order valence-corrected chi connectivity index (χ3v) is 12.9. The monoisotopic (exact) mass is 742 g/mol. The van der Waals surface area contributed by atoms with Gasteiger partial charge in [-0.15, -0.1) is 11.3 Å². The predicted octanol–water partition coefficient (Wildman–Crippen LogP) is 14.2. The molecule has 0 aliphatic rings. The molecule has 0 fully saturated rings. The summed E-state index contributed by atoms with van der Waals surface area (Å²) in [5.41, 5.74) is 12.3. The normalized spacial score (nSPS) is 12.2. The molecule has 4 aromatic heterocycles. The lowest BCUT2D eigenvalue weighted by Crippen LogP contribution is -1.95. The van der Waals surface area contributed by atoms with Crippen molar-refractivity contribution < 1.29 is 0 Å². The molecular formula is C52H30N4S. The summed E-state index contributed by atoms with van der Waals surface area (Å²) in [7, 11) is 0. The molecule has 0 amide bonds. The summed E-state index contributed by atoms with van der Waals surface area (Å²) in [4.78, 5) is 11.7. The van der Waals surface area contributed by atoms with Crippen LogP contribution in [0.25, 0.3) is 119 Å². The molecule has 4 heterocycles. The van der Waals surface area contributed by atoms with Crippen LogP contribution in [-0.2, 0) is 0 Å².